The number of halogens is 1. The van der Waals surface area contributed by atoms with Crippen molar-refractivity contribution in [3.05, 3.63) is 77.1 Å². The van der Waals surface area contributed by atoms with Gasteiger partial charge in [-0.1, -0.05) is 23.7 Å². The number of piperazine rings is 1. The molecule has 6 rings (SSSR count). The molecular weight excluding hydrogens is 568 g/mol. The Hall–Kier alpha value is -4.61. The van der Waals surface area contributed by atoms with Crippen LogP contribution in [0.5, 0.6) is 11.5 Å². The Balaban J connectivity index is 1.39. The first kappa shape index (κ1) is 28.5. The molecule has 2 amide bonds. The van der Waals surface area contributed by atoms with E-state index in [4.69, 9.17) is 26.1 Å². The number of rotatable bonds is 7. The van der Waals surface area contributed by atoms with Gasteiger partial charge in [0.2, 0.25) is 5.95 Å². The number of aryl methyl sites for hydroxylation is 1. The largest absolute Gasteiger partial charge is 0.495 e. The number of nitrogens with one attached hydrogen (secondary N) is 1. The van der Waals surface area contributed by atoms with Crippen molar-refractivity contribution < 1.29 is 14.3 Å². The highest BCUT2D eigenvalue weighted by Gasteiger charge is 2.36. The minimum absolute atomic E-state index is 0.244. The Morgan fingerprint density at radius 2 is 1.77 bits per heavy atom. The number of urea groups is 1. The van der Waals surface area contributed by atoms with Crippen LogP contribution in [0.15, 0.2) is 60.9 Å². The number of methoxy groups -OCH3 is 2. The summed E-state index contributed by atoms with van der Waals surface area (Å²) in [6.07, 6.45) is 3.29. The molecule has 0 bridgehead atoms. The van der Waals surface area contributed by atoms with E-state index in [1.807, 2.05) is 31.2 Å². The molecule has 0 aliphatic carbocycles. The zero-order valence-electron chi connectivity index (χ0n) is 24.5. The third-order valence-electron chi connectivity index (χ3n) is 7.75. The van der Waals surface area contributed by atoms with E-state index in [9.17, 15) is 4.79 Å². The van der Waals surface area contributed by atoms with Gasteiger partial charge in [-0.2, -0.15) is 4.98 Å². The van der Waals surface area contributed by atoms with Gasteiger partial charge < -0.3 is 24.6 Å². The average molecular weight is 601 g/mol. The molecule has 2 aromatic carbocycles. The van der Waals surface area contributed by atoms with Crippen LogP contribution in [0, 0.1) is 6.92 Å². The molecular formula is C31H33ClN8O3. The van der Waals surface area contributed by atoms with Crippen LogP contribution in [0.25, 0.3) is 0 Å². The first-order valence-electron chi connectivity index (χ1n) is 14.0. The van der Waals surface area contributed by atoms with Gasteiger partial charge >= 0.3 is 6.03 Å². The standard InChI is InChI=1S/C31H33ClN8O3/c1-20-6-5-7-24(32)28(20)39-19-21-17-34-30(36-29(21)40(31(39)41)27-11-9-23(42-3)18-33-27)35-25-16-22(8-10-26(25)43-4)38-14-12-37(2)13-15-38/h5-11,16-18H,12-15,19H2,1-4H3,(H,34,35,36). The van der Waals surface area contributed by atoms with Crippen molar-refractivity contribution in [2.45, 2.75) is 13.5 Å². The Morgan fingerprint density at radius 1 is 0.953 bits per heavy atom. The average Bonchev–Trinajstić information content (AvgIpc) is 3.02. The number of anilines is 6. The molecule has 0 unspecified atom stereocenters. The molecule has 4 heterocycles. The summed E-state index contributed by atoms with van der Waals surface area (Å²) in [6.45, 7) is 6.03. The molecule has 2 aliphatic rings. The fourth-order valence-electron chi connectivity index (χ4n) is 5.36. The minimum Gasteiger partial charge on any atom is -0.495 e. The van der Waals surface area contributed by atoms with Gasteiger partial charge in [0.15, 0.2) is 5.82 Å². The molecule has 2 aliphatic heterocycles. The van der Waals surface area contributed by atoms with Crippen molar-refractivity contribution in [3.8, 4) is 11.5 Å². The van der Waals surface area contributed by atoms with E-state index in [2.05, 4.69) is 38.2 Å². The number of hydrogen-bond donors (Lipinski definition) is 1. The predicted molar refractivity (Wildman–Crippen MR) is 169 cm³/mol. The van der Waals surface area contributed by atoms with E-state index in [1.54, 1.807) is 49.7 Å². The number of hydrogen-bond acceptors (Lipinski definition) is 9. The topological polar surface area (TPSA) is 99.2 Å². The molecule has 1 N–H and O–H groups in total. The smallest absolute Gasteiger partial charge is 0.336 e. The predicted octanol–water partition coefficient (Wildman–Crippen LogP) is 5.62. The number of benzene rings is 2. The van der Waals surface area contributed by atoms with E-state index in [-0.39, 0.29) is 12.6 Å². The second kappa shape index (κ2) is 11.9. The fraction of sp³-hybridized carbons (Fsp3) is 0.290. The quantitative estimate of drug-likeness (QED) is 0.289. The lowest BCUT2D eigenvalue weighted by Gasteiger charge is -2.36. The molecule has 1 saturated heterocycles. The molecule has 0 atom stereocenters. The molecule has 12 heteroatoms. The van der Waals surface area contributed by atoms with Gasteiger partial charge in [0.25, 0.3) is 0 Å². The minimum atomic E-state index is -0.333. The van der Waals surface area contributed by atoms with Crippen molar-refractivity contribution in [2.24, 2.45) is 0 Å². The maximum absolute atomic E-state index is 14.2. The highest BCUT2D eigenvalue weighted by Crippen LogP contribution is 2.40. The number of ether oxygens (including phenoxy) is 2. The molecule has 2 aromatic heterocycles. The van der Waals surface area contributed by atoms with Crippen LogP contribution < -0.4 is 29.5 Å². The number of para-hydroxylation sites is 1. The zero-order valence-corrected chi connectivity index (χ0v) is 25.3. The molecule has 43 heavy (non-hydrogen) atoms. The number of likely N-dealkylation sites (N-methyl/N-ethyl adjacent to an activating group) is 1. The number of carbonyl (C=O) groups is 1. The van der Waals surface area contributed by atoms with Crippen LogP contribution >= 0.6 is 11.6 Å². The Labute approximate surface area is 255 Å². The molecule has 0 radical (unpaired) electrons. The van der Waals surface area contributed by atoms with Crippen LogP contribution in [-0.4, -0.2) is 73.3 Å². The van der Waals surface area contributed by atoms with Crippen LogP contribution in [0.1, 0.15) is 11.1 Å². The summed E-state index contributed by atoms with van der Waals surface area (Å²) in [5.41, 5.74) is 4.05. The summed E-state index contributed by atoms with van der Waals surface area (Å²) in [4.78, 5) is 35.9. The summed E-state index contributed by atoms with van der Waals surface area (Å²) in [7, 11) is 5.33. The summed E-state index contributed by atoms with van der Waals surface area (Å²) in [6, 6.07) is 14.7. The summed E-state index contributed by atoms with van der Waals surface area (Å²) in [5.74, 6) is 2.37. The van der Waals surface area contributed by atoms with E-state index < -0.39 is 0 Å². The fourth-order valence-corrected chi connectivity index (χ4v) is 5.68. The SMILES string of the molecule is COc1ccc(N2C(=O)N(c3c(C)cccc3Cl)Cc3cnc(Nc4cc(N5CCN(C)CC5)ccc4OC)nc32)nc1. The van der Waals surface area contributed by atoms with Crippen molar-refractivity contribution in [1.29, 1.82) is 0 Å². The third-order valence-corrected chi connectivity index (χ3v) is 8.05. The number of pyridine rings is 1. The van der Waals surface area contributed by atoms with E-state index in [1.165, 1.54) is 4.90 Å². The number of fused-ring (bicyclic) bond motifs is 1. The first-order chi connectivity index (χ1) is 20.9. The van der Waals surface area contributed by atoms with Gasteiger partial charge in [-0.3, -0.25) is 4.90 Å². The molecule has 0 spiro atoms. The number of carbonyl (C=O) groups excluding carboxylic acids is 1. The lowest BCUT2D eigenvalue weighted by atomic mass is 10.1. The van der Waals surface area contributed by atoms with Crippen molar-refractivity contribution in [1.82, 2.24) is 19.9 Å². The van der Waals surface area contributed by atoms with Gasteiger partial charge in [0.1, 0.15) is 17.3 Å². The van der Waals surface area contributed by atoms with Gasteiger partial charge in [-0.15, -0.1) is 0 Å². The lowest BCUT2D eigenvalue weighted by molar-refractivity contribution is 0.252. The van der Waals surface area contributed by atoms with Crippen LogP contribution in [0.3, 0.4) is 0 Å². The maximum atomic E-state index is 14.2. The Kier molecular flexibility index (Phi) is 7.92. The van der Waals surface area contributed by atoms with Gasteiger partial charge in [0, 0.05) is 43.6 Å². The molecule has 4 aromatic rings. The van der Waals surface area contributed by atoms with Gasteiger partial charge in [-0.05, 0) is 55.9 Å². The van der Waals surface area contributed by atoms with E-state index in [0.717, 1.165) is 48.7 Å². The van der Waals surface area contributed by atoms with Gasteiger partial charge in [-0.25, -0.2) is 19.7 Å². The van der Waals surface area contributed by atoms with Crippen LogP contribution in [0.4, 0.5) is 39.4 Å². The Bertz CT molecular complexity index is 1620. The lowest BCUT2D eigenvalue weighted by Crippen LogP contribution is -2.46. The normalized spacial score (nSPS) is 15.4. The van der Waals surface area contributed by atoms with Crippen molar-refractivity contribution >= 4 is 52.3 Å². The maximum Gasteiger partial charge on any atom is 0.336 e. The first-order valence-corrected chi connectivity index (χ1v) is 14.4. The summed E-state index contributed by atoms with van der Waals surface area (Å²) < 4.78 is 10.9. The van der Waals surface area contributed by atoms with Gasteiger partial charge in [0.05, 0.1) is 43.4 Å². The highest BCUT2D eigenvalue weighted by atomic mass is 35.5. The highest BCUT2D eigenvalue weighted by molar-refractivity contribution is 6.34. The monoisotopic (exact) mass is 600 g/mol. The molecule has 0 saturated carbocycles. The number of aromatic nitrogens is 3. The second-order valence-corrected chi connectivity index (χ2v) is 10.9. The zero-order chi connectivity index (χ0) is 30.1. The number of amides is 2. The molecule has 222 valence electrons. The van der Waals surface area contributed by atoms with E-state index >= 15 is 0 Å². The van der Waals surface area contributed by atoms with Crippen molar-refractivity contribution in [2.75, 3.05) is 67.5 Å². The van der Waals surface area contributed by atoms with Crippen LogP contribution in [0.2, 0.25) is 5.02 Å². The molecule has 1 fully saturated rings. The summed E-state index contributed by atoms with van der Waals surface area (Å²) >= 11 is 6.61. The van der Waals surface area contributed by atoms with E-state index in [0.29, 0.717) is 39.8 Å². The second-order valence-electron chi connectivity index (χ2n) is 10.5. The van der Waals surface area contributed by atoms with Crippen LogP contribution in [-0.2, 0) is 6.54 Å². The summed E-state index contributed by atoms with van der Waals surface area (Å²) in [5, 5.41) is 3.81. The van der Waals surface area contributed by atoms with Crippen molar-refractivity contribution in [3.63, 3.8) is 0 Å². The molecule has 11 nitrogen and oxygen atoms in total. The third kappa shape index (κ3) is 5.61. The Morgan fingerprint density at radius 3 is 2.47 bits per heavy atom. The number of nitrogens with zero attached hydrogens (tertiary/aromatic N) is 7.